The lowest BCUT2D eigenvalue weighted by Gasteiger charge is -2.20. The second-order valence-electron chi connectivity index (χ2n) is 7.26. The number of ether oxygens (including phenoxy) is 3. The van der Waals surface area contributed by atoms with Gasteiger partial charge in [-0.1, -0.05) is 12.7 Å². The smallest absolute Gasteiger partial charge is 0.344 e. The van der Waals surface area contributed by atoms with Gasteiger partial charge in [-0.15, -0.1) is 0 Å². The fourth-order valence-electron chi connectivity index (χ4n) is 3.61. The van der Waals surface area contributed by atoms with E-state index in [1.807, 2.05) is 0 Å². The van der Waals surface area contributed by atoms with Crippen molar-refractivity contribution in [2.45, 2.75) is 41.5 Å². The third kappa shape index (κ3) is 4.09. The van der Waals surface area contributed by atoms with E-state index in [1.54, 1.807) is 41.5 Å². The molecule has 0 radical (unpaired) electrons. The zero-order valence-corrected chi connectivity index (χ0v) is 18.6. The number of aromatic hydroxyl groups is 1. The average molecular weight is 412 g/mol. The molecule has 2 rings (SSSR count). The van der Waals surface area contributed by atoms with Gasteiger partial charge in [-0.25, -0.2) is 9.59 Å². The van der Waals surface area contributed by atoms with Crippen LogP contribution in [0, 0.1) is 41.5 Å². The van der Waals surface area contributed by atoms with Crippen molar-refractivity contribution >= 4 is 18.0 Å². The summed E-state index contributed by atoms with van der Waals surface area (Å²) >= 11 is 0. The van der Waals surface area contributed by atoms with Crippen LogP contribution in [0.4, 0.5) is 0 Å². The van der Waals surface area contributed by atoms with Crippen LogP contribution in [0.2, 0.25) is 0 Å². The Labute approximate surface area is 177 Å². The standard InChI is InChI=1S/C24H28O6/c1-9-18-17(7)20(12(2)10-19(18)25)24(27)30-22-15(5)13(3)21(14(4)16(22)6)23(26)29-11-28-8/h9-10,25H,1,11H2,2-8H3. The van der Waals surface area contributed by atoms with E-state index in [2.05, 4.69) is 6.58 Å². The molecular weight excluding hydrogens is 384 g/mol. The number of aryl methyl sites for hydroxylation is 1. The van der Waals surface area contributed by atoms with Crippen LogP contribution in [0.5, 0.6) is 11.5 Å². The molecule has 1 N–H and O–H groups in total. The number of esters is 2. The number of carbonyl (C=O) groups is 2. The van der Waals surface area contributed by atoms with E-state index in [1.165, 1.54) is 19.3 Å². The normalized spacial score (nSPS) is 10.6. The molecule has 0 aliphatic carbocycles. The summed E-state index contributed by atoms with van der Waals surface area (Å²) in [5, 5.41) is 10.1. The van der Waals surface area contributed by atoms with Gasteiger partial charge in [0.25, 0.3) is 0 Å². The minimum absolute atomic E-state index is 0.0644. The van der Waals surface area contributed by atoms with Gasteiger partial charge < -0.3 is 19.3 Å². The molecule has 0 saturated heterocycles. The van der Waals surface area contributed by atoms with Crippen LogP contribution in [0.3, 0.4) is 0 Å². The summed E-state index contributed by atoms with van der Waals surface area (Å²) in [7, 11) is 1.44. The van der Waals surface area contributed by atoms with Crippen molar-refractivity contribution in [3.05, 3.63) is 62.7 Å². The molecule has 0 aliphatic heterocycles. The molecule has 0 atom stereocenters. The maximum absolute atomic E-state index is 13.1. The van der Waals surface area contributed by atoms with E-state index >= 15 is 0 Å². The van der Waals surface area contributed by atoms with Gasteiger partial charge in [0.2, 0.25) is 0 Å². The summed E-state index contributed by atoms with van der Waals surface area (Å²) in [6.07, 6.45) is 1.51. The van der Waals surface area contributed by atoms with Crippen LogP contribution < -0.4 is 4.74 Å². The van der Waals surface area contributed by atoms with Gasteiger partial charge in [0.05, 0.1) is 11.1 Å². The molecular formula is C24H28O6. The lowest BCUT2D eigenvalue weighted by atomic mass is 9.92. The first-order valence-electron chi connectivity index (χ1n) is 9.50. The Bertz CT molecular complexity index is 1000. The first-order chi connectivity index (χ1) is 14.1. The van der Waals surface area contributed by atoms with E-state index < -0.39 is 11.9 Å². The van der Waals surface area contributed by atoms with Crippen LogP contribution in [0.15, 0.2) is 12.6 Å². The molecule has 30 heavy (non-hydrogen) atoms. The van der Waals surface area contributed by atoms with E-state index in [9.17, 15) is 14.7 Å². The Hall–Kier alpha value is -3.12. The van der Waals surface area contributed by atoms with Crippen LogP contribution in [0.1, 0.15) is 59.7 Å². The zero-order chi connectivity index (χ0) is 22.7. The average Bonchev–Trinajstić information content (AvgIpc) is 2.68. The van der Waals surface area contributed by atoms with Gasteiger partial charge in [0.1, 0.15) is 11.5 Å². The lowest BCUT2D eigenvalue weighted by molar-refractivity contribution is -0.0126. The molecule has 0 aliphatic rings. The molecule has 2 aromatic rings. The fourth-order valence-corrected chi connectivity index (χ4v) is 3.61. The number of phenols is 1. The third-order valence-corrected chi connectivity index (χ3v) is 5.47. The maximum atomic E-state index is 13.1. The predicted molar refractivity (Wildman–Crippen MR) is 115 cm³/mol. The molecule has 0 amide bonds. The van der Waals surface area contributed by atoms with Crippen molar-refractivity contribution in [3.8, 4) is 11.5 Å². The molecule has 0 unspecified atom stereocenters. The molecule has 0 fully saturated rings. The molecule has 160 valence electrons. The van der Waals surface area contributed by atoms with Crippen molar-refractivity contribution in [2.24, 2.45) is 0 Å². The highest BCUT2D eigenvalue weighted by molar-refractivity contribution is 5.97. The number of phenolic OH excluding ortho intramolecular Hbond substituents is 1. The largest absolute Gasteiger partial charge is 0.507 e. The monoisotopic (exact) mass is 412 g/mol. The number of benzene rings is 2. The molecule has 0 bridgehead atoms. The Balaban J connectivity index is 2.54. The highest BCUT2D eigenvalue weighted by Crippen LogP contribution is 2.35. The molecule has 0 heterocycles. The SMILES string of the molecule is C=Cc1c(O)cc(C)c(C(=O)Oc2c(C)c(C)c(C(=O)OCOC)c(C)c2C)c1C. The highest BCUT2D eigenvalue weighted by Gasteiger charge is 2.25. The van der Waals surface area contributed by atoms with Crippen molar-refractivity contribution in [1.29, 1.82) is 0 Å². The highest BCUT2D eigenvalue weighted by atomic mass is 16.7. The topological polar surface area (TPSA) is 82.1 Å². The second-order valence-corrected chi connectivity index (χ2v) is 7.26. The predicted octanol–water partition coefficient (Wildman–Crippen LogP) is 4.87. The van der Waals surface area contributed by atoms with Crippen LogP contribution in [-0.4, -0.2) is 30.9 Å². The summed E-state index contributed by atoms with van der Waals surface area (Å²) in [6.45, 7) is 14.2. The zero-order valence-electron chi connectivity index (χ0n) is 18.6. The van der Waals surface area contributed by atoms with E-state index in [0.717, 1.165) is 0 Å². The Morgan fingerprint density at radius 3 is 2.00 bits per heavy atom. The second kappa shape index (κ2) is 9.13. The Morgan fingerprint density at radius 1 is 0.933 bits per heavy atom. The summed E-state index contributed by atoms with van der Waals surface area (Å²) in [4.78, 5) is 25.5. The van der Waals surface area contributed by atoms with Crippen molar-refractivity contribution in [3.63, 3.8) is 0 Å². The molecule has 0 aromatic heterocycles. The van der Waals surface area contributed by atoms with Crippen LogP contribution >= 0.6 is 0 Å². The van der Waals surface area contributed by atoms with Crippen molar-refractivity contribution in [1.82, 2.24) is 0 Å². The summed E-state index contributed by atoms with van der Waals surface area (Å²) in [5.74, 6) is -0.551. The fraction of sp³-hybridized carbons (Fsp3) is 0.333. The number of rotatable bonds is 6. The Morgan fingerprint density at radius 2 is 1.50 bits per heavy atom. The number of hydrogen-bond acceptors (Lipinski definition) is 6. The molecule has 0 saturated carbocycles. The summed E-state index contributed by atoms with van der Waals surface area (Å²) in [6, 6.07) is 1.52. The molecule has 0 spiro atoms. The first kappa shape index (κ1) is 23.2. The molecule has 6 nitrogen and oxygen atoms in total. The third-order valence-electron chi connectivity index (χ3n) is 5.47. The number of hydrogen-bond donors (Lipinski definition) is 1. The quantitative estimate of drug-likeness (QED) is 0.414. The minimum atomic E-state index is -0.534. The minimum Gasteiger partial charge on any atom is -0.507 e. The van der Waals surface area contributed by atoms with Gasteiger partial charge in [-0.2, -0.15) is 0 Å². The van der Waals surface area contributed by atoms with E-state index in [0.29, 0.717) is 55.8 Å². The van der Waals surface area contributed by atoms with Gasteiger partial charge in [0.15, 0.2) is 6.79 Å². The number of carbonyl (C=O) groups excluding carboxylic acids is 2. The van der Waals surface area contributed by atoms with Gasteiger partial charge >= 0.3 is 11.9 Å². The molecule has 2 aromatic carbocycles. The summed E-state index contributed by atoms with van der Waals surface area (Å²) < 4.78 is 15.7. The van der Waals surface area contributed by atoms with Crippen LogP contribution in [-0.2, 0) is 9.47 Å². The van der Waals surface area contributed by atoms with Gasteiger partial charge in [-0.3, -0.25) is 0 Å². The van der Waals surface area contributed by atoms with Crippen LogP contribution in [0.25, 0.3) is 6.08 Å². The van der Waals surface area contributed by atoms with E-state index in [4.69, 9.17) is 14.2 Å². The first-order valence-corrected chi connectivity index (χ1v) is 9.50. The van der Waals surface area contributed by atoms with Crippen molar-refractivity contribution in [2.75, 3.05) is 13.9 Å². The van der Waals surface area contributed by atoms with Crippen molar-refractivity contribution < 1.29 is 28.9 Å². The number of methoxy groups -OCH3 is 1. The van der Waals surface area contributed by atoms with Gasteiger partial charge in [0, 0.05) is 12.7 Å². The van der Waals surface area contributed by atoms with E-state index in [-0.39, 0.29) is 12.5 Å². The Kier molecular flexibility index (Phi) is 7.05. The lowest BCUT2D eigenvalue weighted by Crippen LogP contribution is -2.17. The maximum Gasteiger partial charge on any atom is 0.344 e. The van der Waals surface area contributed by atoms with Gasteiger partial charge in [-0.05, 0) is 81.0 Å². The summed E-state index contributed by atoms with van der Waals surface area (Å²) in [5.41, 5.74) is 5.20. The molecule has 6 heteroatoms.